The Kier molecular flexibility index (Phi) is 11.5. The van der Waals surface area contributed by atoms with Crippen LogP contribution >= 0.6 is 0 Å². The normalized spacial score (nSPS) is 20.7. The molecule has 5 atom stereocenters. The van der Waals surface area contributed by atoms with Gasteiger partial charge in [-0.15, -0.1) is 0 Å². The molecule has 4 N–H and O–H groups in total. The molecule has 3 aliphatic rings. The number of carbonyl (C=O) groups excluding carboxylic acids is 2. The third-order valence-electron chi connectivity index (χ3n) is 9.99. The molecule has 0 radical (unpaired) electrons. The highest BCUT2D eigenvalue weighted by Crippen LogP contribution is 2.37. The molecule has 2 bridgehead atoms. The van der Waals surface area contributed by atoms with E-state index >= 15 is 0 Å². The van der Waals surface area contributed by atoms with Gasteiger partial charge in [0.2, 0.25) is 11.7 Å². The van der Waals surface area contributed by atoms with Crippen LogP contribution < -0.4 is 15.4 Å². The van der Waals surface area contributed by atoms with Crippen LogP contribution in [0.5, 0.6) is 5.75 Å². The van der Waals surface area contributed by atoms with E-state index in [9.17, 15) is 37.8 Å². The first-order valence-corrected chi connectivity index (χ1v) is 17.4. The van der Waals surface area contributed by atoms with Gasteiger partial charge in [-0.05, 0) is 78.8 Å². The van der Waals surface area contributed by atoms with E-state index in [1.54, 1.807) is 4.90 Å². The number of fused-ring (bicyclic) bond motifs is 2. The number of carbonyl (C=O) groups is 3. The van der Waals surface area contributed by atoms with Crippen molar-refractivity contribution in [2.75, 3.05) is 19.7 Å². The summed E-state index contributed by atoms with van der Waals surface area (Å²) >= 11 is 0. The zero-order chi connectivity index (χ0) is 36.1. The van der Waals surface area contributed by atoms with Crippen molar-refractivity contribution in [3.8, 4) is 5.75 Å². The van der Waals surface area contributed by atoms with Gasteiger partial charge in [-0.1, -0.05) is 54.6 Å². The largest absolute Gasteiger partial charge is 0.488 e. The first-order chi connectivity index (χ1) is 24.6. The van der Waals surface area contributed by atoms with E-state index in [4.69, 9.17) is 4.74 Å². The summed E-state index contributed by atoms with van der Waals surface area (Å²) in [5.41, 5.74) is 4.26. The predicted octanol–water partition coefficient (Wildman–Crippen LogP) is 4.46. The van der Waals surface area contributed by atoms with E-state index < -0.39 is 47.4 Å². The number of carboxylic acid groups (broad SMARTS) is 1. The number of nitrogens with zero attached hydrogens (tertiary/aromatic N) is 1. The lowest BCUT2D eigenvalue weighted by Crippen LogP contribution is -2.65. The number of aliphatic hydroxyl groups excluding tert-OH is 1. The summed E-state index contributed by atoms with van der Waals surface area (Å²) in [5.74, 6) is -5.36. The van der Waals surface area contributed by atoms with Crippen molar-refractivity contribution in [2.45, 2.75) is 75.2 Å². The standard InChI is InChI=1S/C39H42F3N3O6/c40-29-14-15-30(41)37(35(29)42)51-18-4-7-23-8-10-25(11-9-23)28-20-27-21-45(36(39(49)50)33(47)16-17-46)22-32(43-27)34(28)38(48)44-31(26-12-13-26)19-24-5-2-1-3-6-24/h1-3,5-6,8-11,14-15,17,26-27,31-33,36,43,47H,4,7,12-13,16,18-22H2,(H,44,48)(H,49,50). The van der Waals surface area contributed by atoms with E-state index in [0.29, 0.717) is 56.1 Å². The number of ether oxygens (including phenoxy) is 1. The van der Waals surface area contributed by atoms with E-state index in [2.05, 4.69) is 10.6 Å². The van der Waals surface area contributed by atoms with E-state index in [1.807, 2.05) is 54.6 Å². The molecule has 2 fully saturated rings. The third kappa shape index (κ3) is 8.69. The highest BCUT2D eigenvalue weighted by molar-refractivity contribution is 6.03. The maximum atomic E-state index is 14.4. The van der Waals surface area contributed by atoms with Crippen molar-refractivity contribution >= 4 is 23.7 Å². The van der Waals surface area contributed by atoms with Crippen LogP contribution in [0.2, 0.25) is 0 Å². The average Bonchev–Trinajstić information content (AvgIpc) is 3.96. The monoisotopic (exact) mass is 705 g/mol. The Morgan fingerprint density at radius 3 is 2.39 bits per heavy atom. The molecule has 1 saturated heterocycles. The number of rotatable bonds is 16. The number of carboxylic acids is 1. The number of piperazine rings is 1. The lowest BCUT2D eigenvalue weighted by Gasteiger charge is -2.46. The number of halogens is 3. The van der Waals surface area contributed by atoms with Crippen LogP contribution in [0.1, 0.15) is 48.8 Å². The van der Waals surface area contributed by atoms with Crippen LogP contribution in [-0.2, 0) is 27.2 Å². The summed E-state index contributed by atoms with van der Waals surface area (Å²) < 4.78 is 46.6. The number of hydrogen-bond acceptors (Lipinski definition) is 7. The molecule has 9 nitrogen and oxygen atoms in total. The van der Waals surface area contributed by atoms with Gasteiger partial charge in [0.15, 0.2) is 17.4 Å². The van der Waals surface area contributed by atoms with Crippen molar-refractivity contribution in [3.63, 3.8) is 0 Å². The molecule has 12 heteroatoms. The van der Waals surface area contributed by atoms with Crippen molar-refractivity contribution in [3.05, 3.63) is 106 Å². The Hall–Kier alpha value is -4.52. The predicted molar refractivity (Wildman–Crippen MR) is 183 cm³/mol. The summed E-state index contributed by atoms with van der Waals surface area (Å²) in [6.45, 7) is 0.419. The van der Waals surface area contributed by atoms with Gasteiger partial charge in [0.05, 0.1) is 18.8 Å². The fourth-order valence-electron chi connectivity index (χ4n) is 7.35. The van der Waals surface area contributed by atoms with Gasteiger partial charge in [0.25, 0.3) is 0 Å². The van der Waals surface area contributed by atoms with E-state index in [-0.39, 0.29) is 37.6 Å². The molecule has 3 aromatic rings. The summed E-state index contributed by atoms with van der Waals surface area (Å²) in [4.78, 5) is 39.5. The summed E-state index contributed by atoms with van der Waals surface area (Å²) in [7, 11) is 0. The van der Waals surface area contributed by atoms with Crippen molar-refractivity contribution in [2.24, 2.45) is 5.92 Å². The van der Waals surface area contributed by atoms with Gasteiger partial charge in [-0.3, -0.25) is 14.5 Å². The zero-order valence-corrected chi connectivity index (χ0v) is 28.1. The summed E-state index contributed by atoms with van der Waals surface area (Å²) in [6.07, 6.45) is 2.89. The van der Waals surface area contributed by atoms with Crippen LogP contribution in [0.25, 0.3) is 5.57 Å². The maximum absolute atomic E-state index is 14.4. The Bertz CT molecular complexity index is 1750. The number of amides is 1. The molecular formula is C39H42F3N3O6. The Morgan fingerprint density at radius 2 is 1.71 bits per heavy atom. The zero-order valence-electron chi connectivity index (χ0n) is 28.1. The molecule has 0 aromatic heterocycles. The highest BCUT2D eigenvalue weighted by atomic mass is 19.2. The molecule has 2 aliphatic heterocycles. The fraction of sp³-hybridized carbons (Fsp3) is 0.410. The molecule has 51 heavy (non-hydrogen) atoms. The lowest BCUT2D eigenvalue weighted by atomic mass is 9.82. The number of aryl methyl sites for hydroxylation is 1. The second kappa shape index (κ2) is 16.2. The lowest BCUT2D eigenvalue weighted by molar-refractivity contribution is -0.149. The van der Waals surface area contributed by atoms with E-state index in [1.165, 1.54) is 0 Å². The molecule has 6 rings (SSSR count). The Morgan fingerprint density at radius 1 is 0.980 bits per heavy atom. The SMILES string of the molecule is O=CCC(O)C(C(=O)O)N1CC2CC(c3ccc(CCCOc4c(F)ccc(F)c4F)cc3)=C(C(=O)NC(Cc3ccccc3)C3CC3)C(C1)N2. The van der Waals surface area contributed by atoms with Gasteiger partial charge in [0.1, 0.15) is 12.3 Å². The molecule has 3 aromatic carbocycles. The van der Waals surface area contributed by atoms with Gasteiger partial charge in [0, 0.05) is 37.2 Å². The first-order valence-electron chi connectivity index (χ1n) is 17.4. The van der Waals surface area contributed by atoms with Crippen molar-refractivity contribution < 1.29 is 42.5 Å². The van der Waals surface area contributed by atoms with Gasteiger partial charge in [-0.25, -0.2) is 8.78 Å². The number of aliphatic hydroxyl groups is 1. The highest BCUT2D eigenvalue weighted by Gasteiger charge is 2.44. The molecule has 270 valence electrons. The summed E-state index contributed by atoms with van der Waals surface area (Å²) in [5, 5.41) is 27.5. The van der Waals surface area contributed by atoms with Crippen molar-refractivity contribution in [1.82, 2.24) is 15.5 Å². The third-order valence-corrected chi connectivity index (χ3v) is 9.99. The van der Waals surface area contributed by atoms with Gasteiger partial charge < -0.3 is 30.4 Å². The first kappa shape index (κ1) is 36.3. The van der Waals surface area contributed by atoms with Crippen LogP contribution in [-0.4, -0.2) is 83.2 Å². The quantitative estimate of drug-likeness (QED) is 0.0979. The van der Waals surface area contributed by atoms with E-state index in [0.717, 1.165) is 41.2 Å². The number of aldehydes is 1. The van der Waals surface area contributed by atoms with Crippen LogP contribution in [0, 0.1) is 23.4 Å². The topological polar surface area (TPSA) is 128 Å². The average molecular weight is 706 g/mol. The second-order valence-electron chi connectivity index (χ2n) is 13.6. The number of aliphatic carboxylic acids is 1. The maximum Gasteiger partial charge on any atom is 0.323 e. The molecule has 1 saturated carbocycles. The number of benzene rings is 3. The van der Waals surface area contributed by atoms with Gasteiger partial charge >= 0.3 is 5.97 Å². The fourth-order valence-corrected chi connectivity index (χ4v) is 7.35. The number of hydrogen-bond donors (Lipinski definition) is 4. The molecule has 5 unspecified atom stereocenters. The van der Waals surface area contributed by atoms with Gasteiger partial charge in [-0.2, -0.15) is 4.39 Å². The van der Waals surface area contributed by atoms with Crippen LogP contribution in [0.4, 0.5) is 13.2 Å². The molecule has 1 aliphatic carbocycles. The van der Waals surface area contributed by atoms with Crippen molar-refractivity contribution in [1.29, 1.82) is 0 Å². The molecular weight excluding hydrogens is 663 g/mol. The smallest absolute Gasteiger partial charge is 0.323 e. The molecule has 0 spiro atoms. The molecule has 2 heterocycles. The Labute approximate surface area is 294 Å². The Balaban J connectivity index is 1.23. The second-order valence-corrected chi connectivity index (χ2v) is 13.6. The number of nitrogens with one attached hydrogen (secondary N) is 2. The minimum Gasteiger partial charge on any atom is -0.488 e. The molecule has 1 amide bonds. The minimum atomic E-state index is -1.39. The van der Waals surface area contributed by atoms with Crippen LogP contribution in [0.3, 0.4) is 0 Å². The summed E-state index contributed by atoms with van der Waals surface area (Å²) in [6, 6.07) is 17.1. The minimum absolute atomic E-state index is 0.0237. The van der Waals surface area contributed by atoms with Crippen LogP contribution in [0.15, 0.2) is 72.3 Å².